The summed E-state index contributed by atoms with van der Waals surface area (Å²) >= 11 is 0. The molecule has 3 aromatic carbocycles. The molecule has 2 saturated heterocycles. The molecule has 3 aliphatic rings. The van der Waals surface area contributed by atoms with Crippen LogP contribution in [0.3, 0.4) is 0 Å². The summed E-state index contributed by atoms with van der Waals surface area (Å²) < 4.78 is 24.9. The molecule has 2 aromatic heterocycles. The van der Waals surface area contributed by atoms with Crippen LogP contribution in [0.15, 0.2) is 85.3 Å². The molecule has 2 fully saturated rings. The Balaban J connectivity index is 0.601. The molecule has 73 heavy (non-hydrogen) atoms. The first kappa shape index (κ1) is 52.0. The zero-order chi connectivity index (χ0) is 50.9. The second-order valence-corrected chi connectivity index (χ2v) is 18.3. The van der Waals surface area contributed by atoms with E-state index in [0.29, 0.717) is 121 Å². The molecule has 2 atom stereocenters. The van der Waals surface area contributed by atoms with Gasteiger partial charge in [0.05, 0.1) is 58.6 Å². The van der Waals surface area contributed by atoms with E-state index >= 15 is 0 Å². The highest BCUT2D eigenvalue weighted by molar-refractivity contribution is 6.05. The van der Waals surface area contributed by atoms with Crippen LogP contribution in [0.1, 0.15) is 95.6 Å². The van der Waals surface area contributed by atoms with E-state index in [1.54, 1.807) is 23.2 Å². The third-order valence-corrected chi connectivity index (χ3v) is 13.2. The van der Waals surface area contributed by atoms with E-state index in [1.165, 1.54) is 6.33 Å². The number of benzene rings is 3. The summed E-state index contributed by atoms with van der Waals surface area (Å²) in [6.45, 7) is 8.60. The normalized spacial score (nSPS) is 16.1. The van der Waals surface area contributed by atoms with E-state index in [0.717, 1.165) is 59.8 Å². The molecule has 386 valence electrons. The zero-order valence-electron chi connectivity index (χ0n) is 41.6. The Hall–Kier alpha value is -7.29. The van der Waals surface area contributed by atoms with Gasteiger partial charge in [-0.25, -0.2) is 9.97 Å². The first-order valence-corrected chi connectivity index (χ1v) is 25.2. The summed E-state index contributed by atoms with van der Waals surface area (Å²) in [5.74, 6) is 1.12. The molecule has 5 heterocycles. The lowest BCUT2D eigenvalue weighted by atomic mass is 10.0. The van der Waals surface area contributed by atoms with Crippen molar-refractivity contribution in [1.82, 2.24) is 45.2 Å². The molecule has 5 aromatic rings. The summed E-state index contributed by atoms with van der Waals surface area (Å²) in [6, 6.07) is 21.9. The van der Waals surface area contributed by atoms with E-state index < -0.39 is 11.9 Å². The number of ether oxygens (including phenoxy) is 4. The number of nitrogens with zero attached hydrogens (tertiary/aromatic N) is 8. The maximum atomic E-state index is 13.3. The van der Waals surface area contributed by atoms with Crippen LogP contribution in [0.2, 0.25) is 0 Å². The van der Waals surface area contributed by atoms with Gasteiger partial charge < -0.3 is 48.8 Å². The molecule has 20 heteroatoms. The van der Waals surface area contributed by atoms with E-state index in [2.05, 4.69) is 41.0 Å². The monoisotopic (exact) mass is 999 g/mol. The Morgan fingerprint density at radius 1 is 0.822 bits per heavy atom. The average molecular weight is 1000 g/mol. The number of rotatable bonds is 26. The molecule has 5 amide bonds. The number of unbranched alkanes of at least 4 members (excludes halogenated alkanes) is 3. The number of anilines is 2. The van der Waals surface area contributed by atoms with E-state index in [-0.39, 0.29) is 36.1 Å². The van der Waals surface area contributed by atoms with Crippen molar-refractivity contribution in [2.75, 3.05) is 82.6 Å². The number of fused-ring (bicyclic) bond motifs is 1. The first-order valence-electron chi connectivity index (χ1n) is 25.2. The van der Waals surface area contributed by atoms with Gasteiger partial charge in [0.2, 0.25) is 17.7 Å². The van der Waals surface area contributed by atoms with Gasteiger partial charge in [0, 0.05) is 81.5 Å². The number of carbonyl (C=O) groups is 5. The number of aromatic nitrogens is 5. The quantitative estimate of drug-likeness (QED) is 0.0497. The lowest BCUT2D eigenvalue weighted by Gasteiger charge is -2.36. The SMILES string of the molecule is C[C@@H](NC(=O)c1cccc(NCc2nnc(-c3ccncn3)n2C)c1)c1ccc(OCCCCCCOCCOCCOCCC(=O)N2CCN(c3ccc4c(c3)C(=O)N(C3CCC(=O)NC3=O)C4)CC2)cc1. The maximum absolute atomic E-state index is 13.3. The minimum Gasteiger partial charge on any atom is -0.494 e. The average Bonchev–Trinajstić information content (AvgIpc) is 3.95. The topological polar surface area (TPSA) is 225 Å². The molecule has 0 aliphatic carbocycles. The standard InChI is InChI=1S/C53H65N11O9/c1-37(57-51(67)39-8-7-9-41(32-39)55-34-47-59-60-50(61(47)2)45-18-20-54-36-56-45)38-11-14-43(15-12-38)73-26-6-4-3-5-25-70-28-30-72-31-29-71-27-19-49(66)63-23-21-62(22-24-63)42-13-10-40-35-64(53(69)44(40)33-42)46-16-17-48(65)58-52(46)68/h7-15,18,20,32-33,36-37,46,55H,3-6,16-17,19,21-31,34-35H2,1-2H3,(H,57,67)(H,58,65,68)/t37-,46?/m1/s1. The van der Waals surface area contributed by atoms with Crippen LogP contribution in [-0.4, -0.2) is 143 Å². The van der Waals surface area contributed by atoms with E-state index in [1.807, 2.05) is 84.1 Å². The highest BCUT2D eigenvalue weighted by Gasteiger charge is 2.39. The summed E-state index contributed by atoms with van der Waals surface area (Å²) in [4.78, 5) is 77.1. The van der Waals surface area contributed by atoms with Crippen LogP contribution in [0.25, 0.3) is 11.5 Å². The molecule has 3 aliphatic heterocycles. The Morgan fingerprint density at radius 3 is 2.33 bits per heavy atom. The van der Waals surface area contributed by atoms with Crippen molar-refractivity contribution >= 4 is 40.9 Å². The Kier molecular flexibility index (Phi) is 18.5. The zero-order valence-corrected chi connectivity index (χ0v) is 41.6. The van der Waals surface area contributed by atoms with Crippen LogP contribution < -0.4 is 25.6 Å². The van der Waals surface area contributed by atoms with Gasteiger partial charge in [-0.15, -0.1) is 10.2 Å². The number of hydrogen-bond donors (Lipinski definition) is 3. The lowest BCUT2D eigenvalue weighted by molar-refractivity contribution is -0.137. The summed E-state index contributed by atoms with van der Waals surface area (Å²) in [5, 5.41) is 17.3. The van der Waals surface area contributed by atoms with Gasteiger partial charge in [0.25, 0.3) is 11.8 Å². The summed E-state index contributed by atoms with van der Waals surface area (Å²) in [7, 11) is 1.88. The Labute approximate surface area is 425 Å². The van der Waals surface area contributed by atoms with Gasteiger partial charge in [0.15, 0.2) is 11.6 Å². The van der Waals surface area contributed by atoms with Gasteiger partial charge >= 0.3 is 0 Å². The molecule has 20 nitrogen and oxygen atoms in total. The van der Waals surface area contributed by atoms with Crippen molar-refractivity contribution in [2.24, 2.45) is 7.05 Å². The van der Waals surface area contributed by atoms with Gasteiger partial charge in [-0.2, -0.15) is 0 Å². The largest absolute Gasteiger partial charge is 0.494 e. The number of hydrogen-bond acceptors (Lipinski definition) is 15. The van der Waals surface area contributed by atoms with Crippen LogP contribution in [0.4, 0.5) is 11.4 Å². The van der Waals surface area contributed by atoms with Crippen LogP contribution in [0.5, 0.6) is 5.75 Å². The number of amides is 5. The van der Waals surface area contributed by atoms with Crippen LogP contribution >= 0.6 is 0 Å². The number of piperidine rings is 1. The molecular weight excluding hydrogens is 935 g/mol. The second kappa shape index (κ2) is 25.9. The molecule has 1 unspecified atom stereocenters. The lowest BCUT2D eigenvalue weighted by Crippen LogP contribution is -2.52. The first-order chi connectivity index (χ1) is 35.6. The van der Waals surface area contributed by atoms with Gasteiger partial charge in [-0.05, 0) is 92.3 Å². The van der Waals surface area contributed by atoms with Crippen molar-refractivity contribution in [3.63, 3.8) is 0 Å². The number of imide groups is 1. The third kappa shape index (κ3) is 14.2. The molecule has 0 spiro atoms. The number of piperazine rings is 1. The highest BCUT2D eigenvalue weighted by Crippen LogP contribution is 2.31. The van der Waals surface area contributed by atoms with Crippen LogP contribution in [-0.2, 0) is 48.7 Å². The van der Waals surface area contributed by atoms with Gasteiger partial charge in [-0.3, -0.25) is 29.3 Å². The van der Waals surface area contributed by atoms with Gasteiger partial charge in [0.1, 0.15) is 23.8 Å². The molecule has 0 bridgehead atoms. The smallest absolute Gasteiger partial charge is 0.255 e. The molecule has 0 radical (unpaired) electrons. The highest BCUT2D eigenvalue weighted by atomic mass is 16.5. The minimum absolute atomic E-state index is 0.0480. The predicted octanol–water partition coefficient (Wildman–Crippen LogP) is 4.86. The number of nitrogens with one attached hydrogen (secondary N) is 3. The van der Waals surface area contributed by atoms with Crippen molar-refractivity contribution < 1.29 is 42.9 Å². The van der Waals surface area contributed by atoms with Crippen molar-refractivity contribution in [3.8, 4) is 17.3 Å². The molecule has 3 N–H and O–H groups in total. The Bertz CT molecular complexity index is 2660. The predicted molar refractivity (Wildman–Crippen MR) is 270 cm³/mol. The third-order valence-electron chi connectivity index (χ3n) is 13.2. The summed E-state index contributed by atoms with van der Waals surface area (Å²) in [6.07, 6.45) is 7.97. The van der Waals surface area contributed by atoms with Crippen molar-refractivity contribution in [1.29, 1.82) is 0 Å². The fourth-order valence-electron chi connectivity index (χ4n) is 8.99. The van der Waals surface area contributed by atoms with Crippen LogP contribution in [0, 0.1) is 0 Å². The fourth-order valence-corrected chi connectivity index (χ4v) is 8.99. The molecule has 8 rings (SSSR count). The van der Waals surface area contributed by atoms with E-state index in [9.17, 15) is 24.0 Å². The van der Waals surface area contributed by atoms with Gasteiger partial charge in [-0.1, -0.05) is 30.7 Å². The second-order valence-electron chi connectivity index (χ2n) is 18.3. The molecular formula is C53H65N11O9. The minimum atomic E-state index is -0.641. The molecule has 0 saturated carbocycles. The van der Waals surface area contributed by atoms with Crippen molar-refractivity contribution in [2.45, 2.75) is 77.0 Å². The fraction of sp³-hybridized carbons (Fsp3) is 0.453. The van der Waals surface area contributed by atoms with E-state index in [4.69, 9.17) is 18.9 Å². The summed E-state index contributed by atoms with van der Waals surface area (Å²) in [5.41, 5.74) is 5.36. The number of carbonyl (C=O) groups excluding carboxylic acids is 5. The maximum Gasteiger partial charge on any atom is 0.255 e. The van der Waals surface area contributed by atoms with Crippen molar-refractivity contribution in [3.05, 3.63) is 113 Å². The Morgan fingerprint density at radius 2 is 1.58 bits per heavy atom.